The van der Waals surface area contributed by atoms with Crippen LogP contribution in [0.25, 0.3) is 0 Å². The maximum Gasteiger partial charge on any atom is 0.416 e. The number of nitrogens with two attached hydrogens (primary N) is 1. The normalized spacial score (nSPS) is 17.3. The van der Waals surface area contributed by atoms with Crippen LogP contribution in [0.15, 0.2) is 22.7 Å². The summed E-state index contributed by atoms with van der Waals surface area (Å²) in [7, 11) is 0. The maximum absolute atomic E-state index is 12.5. The molecule has 1 saturated carbocycles. The van der Waals surface area contributed by atoms with E-state index in [2.05, 4.69) is 21.2 Å². The van der Waals surface area contributed by atoms with Crippen LogP contribution in [0.3, 0.4) is 0 Å². The van der Waals surface area contributed by atoms with Crippen molar-refractivity contribution in [1.29, 1.82) is 0 Å². The molecule has 0 aromatic heterocycles. The van der Waals surface area contributed by atoms with Crippen LogP contribution in [0.5, 0.6) is 0 Å². The average Bonchev–Trinajstić information content (AvgIpc) is 3.07. The van der Waals surface area contributed by atoms with Gasteiger partial charge in [0.2, 0.25) is 0 Å². The monoisotopic (exact) mass is 336 g/mol. The second-order valence-corrected chi connectivity index (χ2v) is 5.94. The Morgan fingerprint density at radius 1 is 1.32 bits per heavy atom. The molecule has 3 N–H and O–H groups in total. The molecular weight excluding hydrogens is 321 g/mol. The second kappa shape index (κ2) is 5.32. The van der Waals surface area contributed by atoms with Crippen LogP contribution in [0.2, 0.25) is 0 Å². The fourth-order valence-corrected chi connectivity index (χ4v) is 2.63. The van der Waals surface area contributed by atoms with Gasteiger partial charge in [0.1, 0.15) is 0 Å². The van der Waals surface area contributed by atoms with Crippen molar-refractivity contribution in [2.45, 2.75) is 25.4 Å². The quantitative estimate of drug-likeness (QED) is 0.852. The third-order valence-electron chi connectivity index (χ3n) is 3.58. The van der Waals surface area contributed by atoms with E-state index in [1.807, 2.05) is 0 Å². The summed E-state index contributed by atoms with van der Waals surface area (Å²) in [6.45, 7) is 1.41. The largest absolute Gasteiger partial charge is 0.416 e. The highest BCUT2D eigenvalue weighted by molar-refractivity contribution is 9.10. The summed E-state index contributed by atoms with van der Waals surface area (Å²) in [5.74, 6) is 0. The standard InChI is InChI=1S/C13H16BrF3N2/c14-10-7-9(13(15,16)17)1-2-11(10)19-8-12(3-4-12)5-6-18/h1-2,7,19H,3-6,8,18H2. The molecule has 0 heterocycles. The van der Waals surface area contributed by atoms with Gasteiger partial charge < -0.3 is 11.1 Å². The predicted molar refractivity (Wildman–Crippen MR) is 73.0 cm³/mol. The third kappa shape index (κ3) is 3.63. The Hall–Kier alpha value is -0.750. The van der Waals surface area contributed by atoms with E-state index in [4.69, 9.17) is 5.73 Å². The first-order chi connectivity index (χ1) is 8.86. The number of alkyl halides is 3. The summed E-state index contributed by atoms with van der Waals surface area (Å²) in [6, 6.07) is 3.66. The van der Waals surface area contributed by atoms with Gasteiger partial charge in [0.25, 0.3) is 0 Å². The highest BCUT2D eigenvalue weighted by Crippen LogP contribution is 2.48. The molecule has 1 aliphatic carbocycles. The first-order valence-electron chi connectivity index (χ1n) is 6.17. The minimum atomic E-state index is -4.31. The van der Waals surface area contributed by atoms with E-state index in [0.717, 1.165) is 37.9 Å². The Kier molecular flexibility index (Phi) is 4.11. The van der Waals surface area contributed by atoms with Crippen molar-refractivity contribution in [2.24, 2.45) is 11.1 Å². The van der Waals surface area contributed by atoms with Crippen LogP contribution >= 0.6 is 15.9 Å². The van der Waals surface area contributed by atoms with Crippen molar-refractivity contribution in [1.82, 2.24) is 0 Å². The van der Waals surface area contributed by atoms with Gasteiger partial charge in [-0.05, 0) is 65.4 Å². The number of hydrogen-bond donors (Lipinski definition) is 2. The van der Waals surface area contributed by atoms with Crippen molar-refractivity contribution in [3.05, 3.63) is 28.2 Å². The first kappa shape index (κ1) is 14.7. The van der Waals surface area contributed by atoms with Crippen molar-refractivity contribution in [3.8, 4) is 0 Å². The summed E-state index contributed by atoms with van der Waals surface area (Å²) in [5, 5.41) is 3.21. The van der Waals surface area contributed by atoms with Gasteiger partial charge in [0.15, 0.2) is 0 Å². The molecule has 6 heteroatoms. The number of nitrogens with one attached hydrogen (secondary N) is 1. The lowest BCUT2D eigenvalue weighted by atomic mass is 10.0. The highest BCUT2D eigenvalue weighted by Gasteiger charge is 2.41. The Labute approximate surface area is 118 Å². The lowest BCUT2D eigenvalue weighted by Gasteiger charge is -2.17. The zero-order chi connectivity index (χ0) is 14.1. The molecule has 0 spiro atoms. The molecule has 2 nitrogen and oxygen atoms in total. The molecule has 19 heavy (non-hydrogen) atoms. The van der Waals surface area contributed by atoms with Crippen LogP contribution in [-0.4, -0.2) is 13.1 Å². The van der Waals surface area contributed by atoms with Gasteiger partial charge in [0.05, 0.1) is 5.56 Å². The lowest BCUT2D eigenvalue weighted by Crippen LogP contribution is -2.19. The minimum Gasteiger partial charge on any atom is -0.384 e. The Balaban J connectivity index is 2.02. The second-order valence-electron chi connectivity index (χ2n) is 5.08. The Bertz CT molecular complexity index is 456. The van der Waals surface area contributed by atoms with Gasteiger partial charge in [0, 0.05) is 16.7 Å². The number of hydrogen-bond acceptors (Lipinski definition) is 2. The zero-order valence-electron chi connectivity index (χ0n) is 10.4. The van der Waals surface area contributed by atoms with E-state index in [9.17, 15) is 13.2 Å². The maximum atomic E-state index is 12.5. The number of anilines is 1. The van der Waals surface area contributed by atoms with Gasteiger partial charge >= 0.3 is 6.18 Å². The molecule has 0 radical (unpaired) electrons. The molecule has 1 fully saturated rings. The van der Waals surface area contributed by atoms with Crippen molar-refractivity contribution in [2.75, 3.05) is 18.4 Å². The van der Waals surface area contributed by atoms with Crippen LogP contribution < -0.4 is 11.1 Å². The molecule has 0 atom stereocenters. The Morgan fingerprint density at radius 3 is 2.47 bits per heavy atom. The summed E-state index contributed by atoms with van der Waals surface area (Å²) in [6.07, 6.45) is -1.08. The van der Waals surface area contributed by atoms with Gasteiger partial charge in [-0.1, -0.05) is 0 Å². The third-order valence-corrected chi connectivity index (χ3v) is 4.24. The van der Waals surface area contributed by atoms with Gasteiger partial charge in [-0.15, -0.1) is 0 Å². The fourth-order valence-electron chi connectivity index (χ4n) is 2.12. The zero-order valence-corrected chi connectivity index (χ0v) is 11.9. The molecule has 1 aromatic carbocycles. The number of rotatable bonds is 5. The molecule has 0 amide bonds. The number of halogens is 4. The smallest absolute Gasteiger partial charge is 0.384 e. The summed E-state index contributed by atoms with van der Waals surface area (Å²) < 4.78 is 38.0. The molecule has 1 aromatic rings. The molecule has 0 unspecified atom stereocenters. The molecule has 1 aliphatic rings. The highest BCUT2D eigenvalue weighted by atomic mass is 79.9. The van der Waals surface area contributed by atoms with Crippen LogP contribution in [-0.2, 0) is 6.18 Å². The molecule has 2 rings (SSSR count). The lowest BCUT2D eigenvalue weighted by molar-refractivity contribution is -0.137. The van der Waals surface area contributed by atoms with E-state index in [1.54, 1.807) is 0 Å². The van der Waals surface area contributed by atoms with E-state index in [-0.39, 0.29) is 5.41 Å². The molecule has 0 saturated heterocycles. The predicted octanol–water partition coefficient (Wildman–Crippen LogP) is 4.01. The van der Waals surface area contributed by atoms with E-state index >= 15 is 0 Å². The summed E-state index contributed by atoms with van der Waals surface area (Å²) >= 11 is 3.18. The van der Waals surface area contributed by atoms with Crippen molar-refractivity contribution in [3.63, 3.8) is 0 Å². The van der Waals surface area contributed by atoms with Crippen LogP contribution in [0, 0.1) is 5.41 Å². The van der Waals surface area contributed by atoms with Gasteiger partial charge in [-0.25, -0.2) is 0 Å². The molecular formula is C13H16BrF3N2. The topological polar surface area (TPSA) is 38.0 Å². The molecule has 0 bridgehead atoms. The van der Waals surface area contributed by atoms with Crippen LogP contribution in [0.1, 0.15) is 24.8 Å². The van der Waals surface area contributed by atoms with Gasteiger partial charge in [-0.2, -0.15) is 13.2 Å². The Morgan fingerprint density at radius 2 is 2.00 bits per heavy atom. The van der Waals surface area contributed by atoms with E-state index < -0.39 is 11.7 Å². The van der Waals surface area contributed by atoms with Crippen LogP contribution in [0.4, 0.5) is 18.9 Å². The fraction of sp³-hybridized carbons (Fsp3) is 0.538. The molecule has 0 aliphatic heterocycles. The first-order valence-corrected chi connectivity index (χ1v) is 6.96. The average molecular weight is 337 g/mol. The summed E-state index contributed by atoms with van der Waals surface area (Å²) in [5.41, 5.74) is 5.85. The summed E-state index contributed by atoms with van der Waals surface area (Å²) in [4.78, 5) is 0. The number of benzene rings is 1. The SMILES string of the molecule is NCCC1(CNc2ccc(C(F)(F)F)cc2Br)CC1. The van der Waals surface area contributed by atoms with E-state index in [1.165, 1.54) is 6.07 Å². The van der Waals surface area contributed by atoms with Gasteiger partial charge in [-0.3, -0.25) is 0 Å². The molecule has 106 valence electrons. The van der Waals surface area contributed by atoms with E-state index in [0.29, 0.717) is 16.7 Å². The van der Waals surface area contributed by atoms with Crippen molar-refractivity contribution < 1.29 is 13.2 Å². The van der Waals surface area contributed by atoms with Crippen molar-refractivity contribution >= 4 is 21.6 Å². The minimum absolute atomic E-state index is 0.247.